The molecule has 0 spiro atoms. The normalized spacial score (nSPS) is 10.9. The van der Waals surface area contributed by atoms with Crippen molar-refractivity contribution in [3.05, 3.63) is 52.6 Å². The number of amides is 1. The van der Waals surface area contributed by atoms with Crippen LogP contribution in [0.25, 0.3) is 0 Å². The second kappa shape index (κ2) is 9.15. The first-order valence-electron chi connectivity index (χ1n) is 8.23. The summed E-state index contributed by atoms with van der Waals surface area (Å²) < 4.78 is 31.3. The number of hydrogen-bond acceptors (Lipinski definition) is 7. The van der Waals surface area contributed by atoms with Gasteiger partial charge < -0.3 is 15.4 Å². The van der Waals surface area contributed by atoms with Gasteiger partial charge in [-0.3, -0.25) is 19.6 Å². The quantitative estimate of drug-likeness (QED) is 0.427. The fourth-order valence-electron chi connectivity index (χ4n) is 2.23. The van der Waals surface area contributed by atoms with E-state index >= 15 is 0 Å². The highest BCUT2D eigenvalue weighted by molar-refractivity contribution is 7.92. The van der Waals surface area contributed by atoms with Crippen LogP contribution >= 0.6 is 0 Å². The first-order chi connectivity index (χ1) is 13.2. The lowest BCUT2D eigenvalue weighted by molar-refractivity contribution is -0.384. The van der Waals surface area contributed by atoms with Crippen molar-refractivity contribution in [2.45, 2.75) is 6.92 Å². The van der Waals surface area contributed by atoms with Gasteiger partial charge in [0.25, 0.3) is 5.69 Å². The number of rotatable bonds is 9. The average Bonchev–Trinajstić information content (AvgIpc) is 2.61. The van der Waals surface area contributed by atoms with Gasteiger partial charge in [-0.25, -0.2) is 8.42 Å². The minimum atomic E-state index is -3.71. The fraction of sp³-hybridized carbons (Fsp3) is 0.235. The summed E-state index contributed by atoms with van der Waals surface area (Å²) in [5, 5.41) is 16.7. The molecule has 0 saturated heterocycles. The second-order valence-corrected chi connectivity index (χ2v) is 7.49. The van der Waals surface area contributed by atoms with Gasteiger partial charge in [-0.1, -0.05) is 25.1 Å². The van der Waals surface area contributed by atoms with Gasteiger partial charge in [-0.05, 0) is 24.7 Å². The summed E-state index contributed by atoms with van der Waals surface area (Å²) in [4.78, 5) is 22.7. The van der Waals surface area contributed by atoms with E-state index in [9.17, 15) is 23.3 Å². The number of carbonyl (C=O) groups is 1. The van der Waals surface area contributed by atoms with Crippen molar-refractivity contribution in [2.75, 3.05) is 29.4 Å². The Morgan fingerprint density at radius 3 is 2.43 bits per heavy atom. The van der Waals surface area contributed by atoms with E-state index in [0.717, 1.165) is 18.4 Å². The molecule has 0 heterocycles. The minimum absolute atomic E-state index is 0.0456. The summed E-state index contributed by atoms with van der Waals surface area (Å²) in [6.45, 7) is 2.30. The SMILES string of the molecule is CCNCC(=O)Nc1cc(NS(C)(=O)=O)c(Oc2ccccc2)cc1[N+](=O)[O-]. The number of ether oxygens (including phenoxy) is 1. The van der Waals surface area contributed by atoms with Crippen LogP contribution in [0.4, 0.5) is 17.1 Å². The number of likely N-dealkylation sites (N-methyl/N-ethyl adjacent to an activating group) is 1. The predicted molar refractivity (Wildman–Crippen MR) is 105 cm³/mol. The Bertz CT molecular complexity index is 963. The second-order valence-electron chi connectivity index (χ2n) is 5.74. The molecule has 150 valence electrons. The molecule has 3 N–H and O–H groups in total. The lowest BCUT2D eigenvalue weighted by Gasteiger charge is -2.15. The molecule has 10 nitrogen and oxygen atoms in total. The zero-order chi connectivity index (χ0) is 20.7. The number of hydrogen-bond donors (Lipinski definition) is 3. The van der Waals surface area contributed by atoms with Crippen LogP contribution in [0.1, 0.15) is 6.92 Å². The van der Waals surface area contributed by atoms with E-state index in [1.54, 1.807) is 37.3 Å². The third-order valence-corrected chi connectivity index (χ3v) is 3.96. The van der Waals surface area contributed by atoms with E-state index in [-0.39, 0.29) is 23.7 Å². The van der Waals surface area contributed by atoms with Gasteiger partial charge >= 0.3 is 0 Å². The summed E-state index contributed by atoms with van der Waals surface area (Å²) >= 11 is 0. The number of nitro groups is 1. The fourth-order valence-corrected chi connectivity index (χ4v) is 2.79. The standard InChI is InChI=1S/C17H20N4O6S/c1-3-18-11-17(22)19-13-9-14(20-28(2,25)26)16(10-15(13)21(23)24)27-12-7-5-4-6-8-12/h4-10,18,20H,3,11H2,1-2H3,(H,19,22). The molecular weight excluding hydrogens is 388 g/mol. The molecule has 0 saturated carbocycles. The number of benzene rings is 2. The highest BCUT2D eigenvalue weighted by Gasteiger charge is 2.22. The predicted octanol–water partition coefficient (Wildman–Crippen LogP) is 2.31. The molecule has 0 aliphatic heterocycles. The molecule has 0 bridgehead atoms. The molecule has 0 unspecified atom stereocenters. The highest BCUT2D eigenvalue weighted by atomic mass is 32.2. The lowest BCUT2D eigenvalue weighted by Crippen LogP contribution is -2.28. The van der Waals surface area contributed by atoms with Crippen molar-refractivity contribution >= 4 is 33.0 Å². The number of anilines is 2. The topological polar surface area (TPSA) is 140 Å². The largest absolute Gasteiger partial charge is 0.455 e. The Hall–Kier alpha value is -3.18. The van der Waals surface area contributed by atoms with Crippen LogP contribution in [0.15, 0.2) is 42.5 Å². The van der Waals surface area contributed by atoms with Crippen LogP contribution in [-0.2, 0) is 14.8 Å². The lowest BCUT2D eigenvalue weighted by atomic mass is 10.2. The van der Waals surface area contributed by atoms with Gasteiger partial charge in [0, 0.05) is 0 Å². The van der Waals surface area contributed by atoms with Crippen molar-refractivity contribution in [1.82, 2.24) is 5.32 Å². The van der Waals surface area contributed by atoms with Gasteiger partial charge in [-0.15, -0.1) is 0 Å². The zero-order valence-corrected chi connectivity index (χ0v) is 16.1. The van der Waals surface area contributed by atoms with Crippen LogP contribution in [0.2, 0.25) is 0 Å². The molecule has 0 atom stereocenters. The molecule has 0 aromatic heterocycles. The van der Waals surface area contributed by atoms with Crippen LogP contribution in [0, 0.1) is 10.1 Å². The van der Waals surface area contributed by atoms with Crippen LogP contribution in [-0.4, -0.2) is 38.6 Å². The van der Waals surface area contributed by atoms with E-state index in [4.69, 9.17) is 4.74 Å². The molecule has 0 fully saturated rings. The Labute approximate surface area is 162 Å². The maximum absolute atomic E-state index is 12.0. The molecule has 0 radical (unpaired) electrons. The number of nitrogens with one attached hydrogen (secondary N) is 3. The van der Waals surface area contributed by atoms with Gasteiger partial charge in [0.2, 0.25) is 15.9 Å². The van der Waals surface area contributed by atoms with E-state index in [2.05, 4.69) is 15.4 Å². The molecule has 2 aromatic rings. The number of sulfonamides is 1. The molecule has 2 rings (SSSR count). The monoisotopic (exact) mass is 408 g/mol. The minimum Gasteiger partial charge on any atom is -0.455 e. The molecule has 11 heteroatoms. The summed E-state index contributed by atoms with van der Waals surface area (Å²) in [6, 6.07) is 10.6. The van der Waals surface area contributed by atoms with Gasteiger partial charge in [-0.2, -0.15) is 0 Å². The Balaban J connectivity index is 2.49. The zero-order valence-electron chi connectivity index (χ0n) is 15.3. The Morgan fingerprint density at radius 1 is 1.18 bits per heavy atom. The van der Waals surface area contributed by atoms with Crippen molar-refractivity contribution in [2.24, 2.45) is 0 Å². The van der Waals surface area contributed by atoms with E-state index in [0.29, 0.717) is 12.3 Å². The third kappa shape index (κ3) is 6.21. The first-order valence-corrected chi connectivity index (χ1v) is 10.1. The van der Waals surface area contributed by atoms with Crippen LogP contribution in [0.3, 0.4) is 0 Å². The molecule has 0 aliphatic carbocycles. The number of nitrogens with zero attached hydrogens (tertiary/aromatic N) is 1. The summed E-state index contributed by atoms with van der Waals surface area (Å²) in [5.41, 5.74) is -0.634. The third-order valence-electron chi connectivity index (χ3n) is 3.37. The van der Waals surface area contributed by atoms with Crippen LogP contribution in [0.5, 0.6) is 11.5 Å². The summed E-state index contributed by atoms with van der Waals surface area (Å²) in [6.07, 6.45) is 0.935. The summed E-state index contributed by atoms with van der Waals surface area (Å²) in [5.74, 6) is -0.225. The van der Waals surface area contributed by atoms with Gasteiger partial charge in [0.05, 0.1) is 29.5 Å². The number of carbonyl (C=O) groups excluding carboxylic acids is 1. The average molecular weight is 408 g/mol. The van der Waals surface area contributed by atoms with Crippen molar-refractivity contribution in [1.29, 1.82) is 0 Å². The first kappa shape index (κ1) is 21.1. The van der Waals surface area contributed by atoms with Gasteiger partial charge in [0.15, 0.2) is 5.75 Å². The molecule has 0 aliphatic rings. The van der Waals surface area contributed by atoms with E-state index in [1.807, 2.05) is 0 Å². The highest BCUT2D eigenvalue weighted by Crippen LogP contribution is 2.39. The van der Waals surface area contributed by atoms with Crippen molar-refractivity contribution < 1.29 is 22.9 Å². The molecule has 1 amide bonds. The maximum Gasteiger partial charge on any atom is 0.296 e. The Kier molecular flexibility index (Phi) is 6.90. The number of para-hydroxylation sites is 1. The van der Waals surface area contributed by atoms with E-state index < -0.39 is 26.5 Å². The van der Waals surface area contributed by atoms with Crippen molar-refractivity contribution in [3.63, 3.8) is 0 Å². The number of nitro benzene ring substituents is 1. The molecule has 28 heavy (non-hydrogen) atoms. The van der Waals surface area contributed by atoms with Crippen molar-refractivity contribution in [3.8, 4) is 11.5 Å². The van der Waals surface area contributed by atoms with Gasteiger partial charge in [0.1, 0.15) is 11.4 Å². The maximum atomic E-state index is 12.0. The smallest absolute Gasteiger partial charge is 0.296 e. The molecular formula is C17H20N4O6S. The van der Waals surface area contributed by atoms with Crippen LogP contribution < -0.4 is 20.1 Å². The van der Waals surface area contributed by atoms with E-state index in [1.165, 1.54) is 0 Å². The molecule has 2 aromatic carbocycles. The summed E-state index contributed by atoms with van der Waals surface area (Å²) in [7, 11) is -3.71. The Morgan fingerprint density at radius 2 is 1.86 bits per heavy atom.